The molecular weight excluding hydrogens is 164 g/mol. The SMILES string of the molecule is [N-]=[N+]=CC1([SH](=O)=O)CCCC1. The third-order valence-electron chi connectivity index (χ3n) is 2.13. The second kappa shape index (κ2) is 3.15. The smallest absolute Gasteiger partial charge is 0.278 e. The van der Waals surface area contributed by atoms with Gasteiger partial charge in [-0.05, 0) is 12.8 Å². The van der Waals surface area contributed by atoms with Crippen molar-refractivity contribution in [3.05, 3.63) is 5.53 Å². The van der Waals surface area contributed by atoms with Crippen LogP contribution >= 0.6 is 0 Å². The third kappa shape index (κ3) is 1.49. The topological polar surface area (TPSA) is 70.5 Å². The van der Waals surface area contributed by atoms with E-state index in [0.29, 0.717) is 12.8 Å². The van der Waals surface area contributed by atoms with Crippen molar-refractivity contribution in [1.82, 2.24) is 0 Å². The van der Waals surface area contributed by atoms with Crippen LogP contribution in [0.5, 0.6) is 0 Å². The molecule has 1 rings (SSSR count). The molecule has 0 bridgehead atoms. The van der Waals surface area contributed by atoms with Crippen molar-refractivity contribution in [3.63, 3.8) is 0 Å². The highest BCUT2D eigenvalue weighted by Crippen LogP contribution is 2.30. The van der Waals surface area contributed by atoms with E-state index in [2.05, 4.69) is 4.79 Å². The van der Waals surface area contributed by atoms with Crippen LogP contribution in [0.15, 0.2) is 0 Å². The second-order valence-electron chi connectivity index (χ2n) is 2.81. The minimum absolute atomic E-state index is 0.593. The van der Waals surface area contributed by atoms with Gasteiger partial charge in [-0.2, -0.15) is 4.79 Å². The monoisotopic (exact) mass is 174 g/mol. The molecule has 1 aliphatic rings. The number of hydrogen-bond donors (Lipinski definition) is 1. The van der Waals surface area contributed by atoms with Crippen LogP contribution in [0.25, 0.3) is 5.53 Å². The average Bonchev–Trinajstić information content (AvgIpc) is 2.38. The fraction of sp³-hybridized carbons (Fsp3) is 0.833. The molecule has 1 saturated carbocycles. The molecule has 62 valence electrons. The van der Waals surface area contributed by atoms with E-state index in [0.717, 1.165) is 19.1 Å². The Morgan fingerprint density at radius 2 is 1.91 bits per heavy atom. The zero-order chi connectivity index (χ0) is 8.32. The summed E-state index contributed by atoms with van der Waals surface area (Å²) in [4.78, 5) is 2.80. The standard InChI is InChI=1S/C6H10N2O2S/c7-8-5-6(11(9)10)3-1-2-4-6/h5,11H,1-4H2. The fourth-order valence-corrected chi connectivity index (χ4v) is 2.28. The van der Waals surface area contributed by atoms with Gasteiger partial charge in [0.25, 0.3) is 6.21 Å². The first-order chi connectivity index (χ1) is 5.21. The zero-order valence-corrected chi connectivity index (χ0v) is 6.96. The van der Waals surface area contributed by atoms with E-state index in [1.807, 2.05) is 0 Å². The molecule has 1 fully saturated rings. The molecular formula is C6H10N2O2S. The summed E-state index contributed by atoms with van der Waals surface area (Å²) >= 11 is 0. The van der Waals surface area contributed by atoms with E-state index in [1.54, 1.807) is 0 Å². The normalized spacial score (nSPS) is 21.5. The van der Waals surface area contributed by atoms with Gasteiger partial charge in [-0.15, -0.1) is 0 Å². The highest BCUT2D eigenvalue weighted by atomic mass is 32.2. The number of rotatable bonds is 2. The molecule has 0 aromatic rings. The Labute approximate surface area is 66.8 Å². The first-order valence-corrected chi connectivity index (χ1v) is 4.72. The predicted molar refractivity (Wildman–Crippen MR) is 41.2 cm³/mol. The van der Waals surface area contributed by atoms with Crippen molar-refractivity contribution in [3.8, 4) is 0 Å². The Morgan fingerprint density at radius 3 is 2.27 bits per heavy atom. The van der Waals surface area contributed by atoms with Crippen LogP contribution in [-0.2, 0) is 10.7 Å². The lowest BCUT2D eigenvalue weighted by Crippen LogP contribution is -2.28. The van der Waals surface area contributed by atoms with Crippen LogP contribution < -0.4 is 0 Å². The van der Waals surface area contributed by atoms with Gasteiger partial charge in [0.05, 0.1) is 0 Å². The van der Waals surface area contributed by atoms with Crippen molar-refractivity contribution < 1.29 is 13.2 Å². The van der Waals surface area contributed by atoms with Gasteiger partial charge in [-0.25, -0.2) is 8.42 Å². The second-order valence-corrected chi connectivity index (χ2v) is 4.22. The summed E-state index contributed by atoms with van der Waals surface area (Å²) in [5.74, 6) is 0. The molecule has 0 aliphatic heterocycles. The van der Waals surface area contributed by atoms with Gasteiger partial charge in [0, 0.05) is 0 Å². The largest absolute Gasteiger partial charge is 0.362 e. The quantitative estimate of drug-likeness (QED) is 0.281. The Hall–Kier alpha value is -0.670. The lowest BCUT2D eigenvalue weighted by Gasteiger charge is -2.08. The maximum Gasteiger partial charge on any atom is 0.278 e. The highest BCUT2D eigenvalue weighted by Gasteiger charge is 2.40. The van der Waals surface area contributed by atoms with Crippen molar-refractivity contribution in [2.24, 2.45) is 0 Å². The van der Waals surface area contributed by atoms with E-state index in [-0.39, 0.29) is 0 Å². The van der Waals surface area contributed by atoms with E-state index in [1.165, 1.54) is 0 Å². The van der Waals surface area contributed by atoms with Crippen molar-refractivity contribution >= 4 is 16.9 Å². The first-order valence-electron chi connectivity index (χ1n) is 3.54. The summed E-state index contributed by atoms with van der Waals surface area (Å²) < 4.78 is 20.7. The van der Waals surface area contributed by atoms with Gasteiger partial charge < -0.3 is 5.53 Å². The number of thiol groups is 1. The predicted octanol–water partition coefficient (Wildman–Crippen LogP) is 0.211. The summed E-state index contributed by atoms with van der Waals surface area (Å²) in [6.45, 7) is 0. The Bertz CT molecular complexity index is 252. The van der Waals surface area contributed by atoms with Crippen LogP contribution in [0.4, 0.5) is 0 Å². The Balaban J connectivity index is 2.96. The maximum atomic E-state index is 10.7. The third-order valence-corrected chi connectivity index (χ3v) is 3.42. The summed E-state index contributed by atoms with van der Waals surface area (Å²) in [5, 5.41) is 0. The minimum Gasteiger partial charge on any atom is -0.362 e. The lowest BCUT2D eigenvalue weighted by molar-refractivity contribution is -0.00163. The molecule has 4 nitrogen and oxygen atoms in total. The number of nitrogens with zero attached hydrogens (tertiary/aromatic N) is 2. The zero-order valence-electron chi connectivity index (χ0n) is 6.06. The van der Waals surface area contributed by atoms with E-state index in [4.69, 9.17) is 5.53 Å². The van der Waals surface area contributed by atoms with Gasteiger partial charge in [-0.1, -0.05) is 12.8 Å². The Kier molecular flexibility index (Phi) is 2.42. The van der Waals surface area contributed by atoms with Gasteiger partial charge in [-0.3, -0.25) is 0 Å². The van der Waals surface area contributed by atoms with Gasteiger partial charge >= 0.3 is 0 Å². The van der Waals surface area contributed by atoms with Crippen molar-refractivity contribution in [1.29, 1.82) is 0 Å². The molecule has 0 spiro atoms. The van der Waals surface area contributed by atoms with Crippen molar-refractivity contribution in [2.75, 3.05) is 0 Å². The molecule has 0 unspecified atom stereocenters. The van der Waals surface area contributed by atoms with E-state index in [9.17, 15) is 8.42 Å². The molecule has 11 heavy (non-hydrogen) atoms. The lowest BCUT2D eigenvalue weighted by atomic mass is 10.1. The van der Waals surface area contributed by atoms with Crippen molar-refractivity contribution in [2.45, 2.75) is 30.4 Å². The molecule has 0 aromatic carbocycles. The van der Waals surface area contributed by atoms with Crippen LogP contribution in [0.3, 0.4) is 0 Å². The molecule has 1 aliphatic carbocycles. The summed E-state index contributed by atoms with van der Waals surface area (Å²) in [5.41, 5.74) is 8.24. The molecule has 0 amide bonds. The Morgan fingerprint density at radius 1 is 1.36 bits per heavy atom. The van der Waals surface area contributed by atoms with Gasteiger partial charge in [0.2, 0.25) is 0 Å². The molecule has 0 atom stereocenters. The summed E-state index contributed by atoms with van der Waals surface area (Å²) in [6, 6.07) is 0. The summed E-state index contributed by atoms with van der Waals surface area (Å²) in [6.07, 6.45) is 4.13. The molecule has 5 heteroatoms. The molecule has 0 aromatic heterocycles. The van der Waals surface area contributed by atoms with Gasteiger partial charge in [0.1, 0.15) is 0 Å². The maximum absolute atomic E-state index is 10.7. The van der Waals surface area contributed by atoms with Crippen LogP contribution in [0.2, 0.25) is 0 Å². The fourth-order valence-electron chi connectivity index (χ4n) is 1.45. The molecule has 0 heterocycles. The molecule has 0 radical (unpaired) electrons. The van der Waals surface area contributed by atoms with Crippen LogP contribution in [0, 0.1) is 0 Å². The first kappa shape index (κ1) is 8.43. The minimum atomic E-state index is -2.50. The highest BCUT2D eigenvalue weighted by molar-refractivity contribution is 7.75. The molecule has 0 N–H and O–H groups in total. The van der Waals surface area contributed by atoms with Crippen LogP contribution in [-0.4, -0.2) is 24.2 Å². The van der Waals surface area contributed by atoms with Gasteiger partial charge in [0.15, 0.2) is 15.5 Å². The molecule has 0 saturated heterocycles. The van der Waals surface area contributed by atoms with E-state index < -0.39 is 15.5 Å². The average molecular weight is 174 g/mol. The summed E-state index contributed by atoms with van der Waals surface area (Å²) in [7, 11) is -2.50. The van der Waals surface area contributed by atoms with E-state index >= 15 is 0 Å². The van der Waals surface area contributed by atoms with Crippen LogP contribution in [0.1, 0.15) is 25.7 Å². The number of hydrogen-bond acceptors (Lipinski definition) is 2.